The first-order chi connectivity index (χ1) is 8.89. The summed E-state index contributed by atoms with van der Waals surface area (Å²) in [5.41, 5.74) is 1.62. The lowest BCUT2D eigenvalue weighted by molar-refractivity contribution is -0.0615. The Bertz CT molecular complexity index is 485. The van der Waals surface area contributed by atoms with Gasteiger partial charge in [0.2, 0.25) is 0 Å². The monoisotopic (exact) mass is 325 g/mol. The summed E-state index contributed by atoms with van der Waals surface area (Å²) in [6, 6.07) is 5.92. The van der Waals surface area contributed by atoms with Crippen LogP contribution in [0.15, 0.2) is 22.7 Å². The normalized spacial score (nSPS) is 22.0. The van der Waals surface area contributed by atoms with Crippen LogP contribution in [0.1, 0.15) is 42.6 Å². The summed E-state index contributed by atoms with van der Waals surface area (Å²) in [6.07, 6.45) is 1.72. The van der Waals surface area contributed by atoms with Gasteiger partial charge in [-0.25, -0.2) is 0 Å². The molecule has 0 aliphatic carbocycles. The zero-order valence-electron chi connectivity index (χ0n) is 11.6. The molecule has 1 fully saturated rings. The number of aryl methyl sites for hydroxylation is 1. The molecule has 0 radical (unpaired) electrons. The number of carbonyl (C=O) groups excluding carboxylic acids is 1. The largest absolute Gasteiger partial charge is 0.375 e. The number of nitrogens with one attached hydrogen (secondary N) is 1. The Hall–Kier alpha value is -0.870. The summed E-state index contributed by atoms with van der Waals surface area (Å²) in [4.78, 5) is 12.3. The number of ether oxygens (including phenoxy) is 1. The van der Waals surface area contributed by atoms with Gasteiger partial charge in [0.05, 0.1) is 11.2 Å². The maximum atomic E-state index is 12.3. The summed E-state index contributed by atoms with van der Waals surface area (Å²) in [5.74, 6) is -0.0155. The Morgan fingerprint density at radius 1 is 1.47 bits per heavy atom. The maximum absolute atomic E-state index is 12.3. The van der Waals surface area contributed by atoms with E-state index < -0.39 is 0 Å². The molecule has 0 saturated carbocycles. The number of amides is 1. The highest BCUT2D eigenvalue weighted by atomic mass is 79.9. The van der Waals surface area contributed by atoms with E-state index in [1.807, 2.05) is 25.1 Å². The molecular formula is C15H20BrNO2. The van der Waals surface area contributed by atoms with Crippen LogP contribution in [0.25, 0.3) is 0 Å². The third kappa shape index (κ3) is 3.57. The fraction of sp³-hybridized carbons (Fsp3) is 0.533. The maximum Gasteiger partial charge on any atom is 0.252 e. The van der Waals surface area contributed by atoms with Crippen molar-refractivity contribution in [1.82, 2.24) is 5.32 Å². The average molecular weight is 326 g/mol. The lowest BCUT2D eigenvalue weighted by atomic mass is 9.93. The van der Waals surface area contributed by atoms with Crippen LogP contribution in [0.3, 0.4) is 0 Å². The van der Waals surface area contributed by atoms with Crippen molar-refractivity contribution in [2.75, 3.05) is 6.61 Å². The van der Waals surface area contributed by atoms with Gasteiger partial charge < -0.3 is 10.1 Å². The van der Waals surface area contributed by atoms with E-state index in [-0.39, 0.29) is 17.6 Å². The standard InChI is InChI=1S/C15H20BrNO2/c1-10-5-4-6-12(13(10)16)14(18)17-11-7-8-19-15(2,3)9-11/h4-6,11H,7-9H2,1-3H3,(H,17,18). The molecule has 1 atom stereocenters. The van der Waals surface area contributed by atoms with Gasteiger partial charge in [-0.3, -0.25) is 4.79 Å². The summed E-state index contributed by atoms with van der Waals surface area (Å²) < 4.78 is 6.54. The Kier molecular flexibility index (Phi) is 4.31. The summed E-state index contributed by atoms with van der Waals surface area (Å²) in [6.45, 7) is 6.81. The molecule has 1 N–H and O–H groups in total. The Morgan fingerprint density at radius 3 is 2.89 bits per heavy atom. The summed E-state index contributed by atoms with van der Waals surface area (Å²) in [5, 5.41) is 3.11. The Morgan fingerprint density at radius 2 is 2.21 bits per heavy atom. The van der Waals surface area contributed by atoms with Crippen molar-refractivity contribution < 1.29 is 9.53 Å². The number of halogens is 1. The second-order valence-corrected chi connectivity index (χ2v) is 6.50. The molecule has 1 aromatic carbocycles. The molecule has 1 aromatic rings. The van der Waals surface area contributed by atoms with E-state index in [4.69, 9.17) is 4.74 Å². The van der Waals surface area contributed by atoms with E-state index in [1.54, 1.807) is 0 Å². The quantitative estimate of drug-likeness (QED) is 0.904. The lowest BCUT2D eigenvalue weighted by Gasteiger charge is -2.35. The minimum atomic E-state index is -0.153. The fourth-order valence-corrected chi connectivity index (χ4v) is 2.89. The Balaban J connectivity index is 2.07. The first kappa shape index (κ1) is 14.5. The van der Waals surface area contributed by atoms with E-state index in [0.29, 0.717) is 12.2 Å². The van der Waals surface area contributed by atoms with Crippen molar-refractivity contribution in [3.8, 4) is 0 Å². The molecule has 1 unspecified atom stereocenters. The SMILES string of the molecule is Cc1cccc(C(=O)NC2CCOC(C)(C)C2)c1Br. The Labute approximate surface area is 122 Å². The van der Waals surface area contributed by atoms with Gasteiger partial charge in [0.1, 0.15) is 0 Å². The molecule has 19 heavy (non-hydrogen) atoms. The van der Waals surface area contributed by atoms with Crippen molar-refractivity contribution >= 4 is 21.8 Å². The summed E-state index contributed by atoms with van der Waals surface area (Å²) >= 11 is 3.48. The first-order valence-electron chi connectivity index (χ1n) is 6.59. The third-order valence-electron chi connectivity index (χ3n) is 3.47. The highest BCUT2D eigenvalue weighted by Gasteiger charge is 2.30. The molecule has 104 valence electrons. The second kappa shape index (κ2) is 5.63. The topological polar surface area (TPSA) is 38.3 Å². The molecule has 1 aliphatic rings. The minimum Gasteiger partial charge on any atom is -0.375 e. The smallest absolute Gasteiger partial charge is 0.252 e. The van der Waals surface area contributed by atoms with Crippen molar-refractivity contribution in [3.63, 3.8) is 0 Å². The van der Waals surface area contributed by atoms with Crippen molar-refractivity contribution in [2.24, 2.45) is 0 Å². The fourth-order valence-electron chi connectivity index (χ4n) is 2.44. The molecule has 0 spiro atoms. The van der Waals surface area contributed by atoms with Gasteiger partial charge in [0, 0.05) is 17.1 Å². The van der Waals surface area contributed by atoms with Crippen LogP contribution in [0.5, 0.6) is 0 Å². The van der Waals surface area contributed by atoms with Gasteiger partial charge >= 0.3 is 0 Å². The van der Waals surface area contributed by atoms with Crippen LogP contribution in [-0.4, -0.2) is 24.2 Å². The number of carbonyl (C=O) groups is 1. The molecule has 0 aromatic heterocycles. The zero-order valence-corrected chi connectivity index (χ0v) is 13.2. The van der Waals surface area contributed by atoms with Crippen molar-refractivity contribution in [3.05, 3.63) is 33.8 Å². The van der Waals surface area contributed by atoms with Crippen LogP contribution in [0.2, 0.25) is 0 Å². The number of hydrogen-bond donors (Lipinski definition) is 1. The predicted molar refractivity (Wildman–Crippen MR) is 79.4 cm³/mol. The van der Waals surface area contributed by atoms with E-state index in [9.17, 15) is 4.79 Å². The minimum absolute atomic E-state index is 0.0155. The highest BCUT2D eigenvalue weighted by molar-refractivity contribution is 9.10. The highest BCUT2D eigenvalue weighted by Crippen LogP contribution is 2.25. The van der Waals surface area contributed by atoms with Crippen molar-refractivity contribution in [1.29, 1.82) is 0 Å². The molecule has 2 rings (SSSR count). The molecule has 0 bridgehead atoms. The molecule has 4 heteroatoms. The molecule has 1 amide bonds. The second-order valence-electron chi connectivity index (χ2n) is 5.71. The van der Waals surface area contributed by atoms with Gasteiger partial charge in [-0.1, -0.05) is 12.1 Å². The van der Waals surface area contributed by atoms with Gasteiger partial charge in [-0.15, -0.1) is 0 Å². The number of rotatable bonds is 2. The molecule has 1 saturated heterocycles. The molecule has 3 nitrogen and oxygen atoms in total. The van der Waals surface area contributed by atoms with E-state index in [2.05, 4.69) is 35.1 Å². The van der Waals surface area contributed by atoms with Crippen LogP contribution >= 0.6 is 15.9 Å². The average Bonchev–Trinajstić information content (AvgIpc) is 2.31. The van der Waals surface area contributed by atoms with E-state index in [0.717, 1.165) is 22.9 Å². The first-order valence-corrected chi connectivity index (χ1v) is 7.38. The van der Waals surface area contributed by atoms with Crippen molar-refractivity contribution in [2.45, 2.75) is 45.3 Å². The van der Waals surface area contributed by atoms with E-state index >= 15 is 0 Å². The van der Waals surface area contributed by atoms with Gasteiger partial charge in [0.15, 0.2) is 0 Å². The van der Waals surface area contributed by atoms with Crippen LogP contribution < -0.4 is 5.32 Å². The van der Waals surface area contributed by atoms with Gasteiger partial charge in [-0.05, 0) is 61.2 Å². The number of hydrogen-bond acceptors (Lipinski definition) is 2. The third-order valence-corrected chi connectivity index (χ3v) is 4.52. The molecule has 1 heterocycles. The van der Waals surface area contributed by atoms with Gasteiger partial charge in [0.25, 0.3) is 5.91 Å². The molecule has 1 aliphatic heterocycles. The van der Waals surface area contributed by atoms with Gasteiger partial charge in [-0.2, -0.15) is 0 Å². The van der Waals surface area contributed by atoms with E-state index in [1.165, 1.54) is 0 Å². The van der Waals surface area contributed by atoms with Crippen LogP contribution in [-0.2, 0) is 4.74 Å². The van der Waals surface area contributed by atoms with Crippen LogP contribution in [0.4, 0.5) is 0 Å². The number of benzene rings is 1. The molecular weight excluding hydrogens is 306 g/mol. The van der Waals surface area contributed by atoms with Crippen LogP contribution in [0, 0.1) is 6.92 Å². The zero-order chi connectivity index (χ0) is 14.0. The summed E-state index contributed by atoms with van der Waals surface area (Å²) in [7, 11) is 0. The predicted octanol–water partition coefficient (Wildman–Crippen LogP) is 3.44. The lowest BCUT2D eigenvalue weighted by Crippen LogP contribution is -2.45.